The van der Waals surface area contributed by atoms with Gasteiger partial charge in [-0.15, -0.1) is 0 Å². The van der Waals surface area contributed by atoms with Gasteiger partial charge in [-0.05, 0) is 30.7 Å². The Morgan fingerprint density at radius 1 is 0.677 bits per heavy atom. The number of hydrogen-bond acceptors (Lipinski definition) is 0. The second-order valence-electron chi connectivity index (χ2n) is 8.29. The van der Waals surface area contributed by atoms with Crippen LogP contribution in [-0.2, 0) is 0 Å². The molecule has 0 aliphatic carbocycles. The molecular formula is C29H25N2+. The summed E-state index contributed by atoms with van der Waals surface area (Å²) >= 11 is 0. The van der Waals surface area contributed by atoms with Gasteiger partial charge in [-0.3, -0.25) is 0 Å². The number of para-hydroxylation sites is 4. The van der Waals surface area contributed by atoms with Gasteiger partial charge in [0.25, 0.3) is 0 Å². The Kier molecular flexibility index (Phi) is 4.24. The molecule has 1 atom stereocenters. The lowest BCUT2D eigenvalue weighted by atomic mass is 10.1. The van der Waals surface area contributed by atoms with E-state index in [1.165, 1.54) is 44.3 Å². The predicted octanol–water partition coefficient (Wildman–Crippen LogP) is 7.72. The number of hydrogen-bond donors (Lipinski definition) is 0. The number of aromatic nitrogens is 1. The molecule has 1 aliphatic rings. The number of benzene rings is 4. The van der Waals surface area contributed by atoms with Crippen molar-refractivity contribution in [1.82, 2.24) is 9.14 Å². The van der Waals surface area contributed by atoms with Crippen LogP contribution in [0, 0.1) is 0 Å². The molecule has 0 bridgehead atoms. The van der Waals surface area contributed by atoms with E-state index in [0.29, 0.717) is 6.04 Å². The Morgan fingerprint density at radius 2 is 1.16 bits per heavy atom. The fourth-order valence-corrected chi connectivity index (χ4v) is 5.18. The van der Waals surface area contributed by atoms with E-state index in [1.807, 2.05) is 0 Å². The van der Waals surface area contributed by atoms with Crippen LogP contribution >= 0.6 is 0 Å². The molecule has 1 aliphatic heterocycles. The van der Waals surface area contributed by atoms with Crippen molar-refractivity contribution in [2.45, 2.75) is 25.8 Å². The highest BCUT2D eigenvalue weighted by molar-refractivity contribution is 6.08. The average Bonchev–Trinajstić information content (AvgIpc) is 3.34. The zero-order valence-electron chi connectivity index (χ0n) is 17.7. The van der Waals surface area contributed by atoms with E-state index in [2.05, 4.69) is 119 Å². The summed E-state index contributed by atoms with van der Waals surface area (Å²) in [5.41, 5.74) is 7.84. The fourth-order valence-electron chi connectivity index (χ4n) is 5.18. The predicted molar refractivity (Wildman–Crippen MR) is 133 cm³/mol. The summed E-state index contributed by atoms with van der Waals surface area (Å²) in [5.74, 6) is 0. The van der Waals surface area contributed by atoms with Crippen molar-refractivity contribution in [3.05, 3.63) is 97.1 Å². The van der Waals surface area contributed by atoms with Crippen LogP contribution in [0.3, 0.4) is 0 Å². The van der Waals surface area contributed by atoms with E-state index in [-0.39, 0.29) is 0 Å². The summed E-state index contributed by atoms with van der Waals surface area (Å²) in [6.45, 7) is 2.30. The van der Waals surface area contributed by atoms with Crippen molar-refractivity contribution in [1.29, 1.82) is 0 Å². The van der Waals surface area contributed by atoms with Crippen LogP contribution in [0.5, 0.6) is 0 Å². The summed E-state index contributed by atoms with van der Waals surface area (Å²) in [6.07, 6.45) is 4.44. The van der Waals surface area contributed by atoms with Crippen LogP contribution in [0.25, 0.3) is 32.9 Å². The van der Waals surface area contributed by atoms with E-state index in [1.54, 1.807) is 0 Å². The molecule has 0 spiro atoms. The highest BCUT2D eigenvalue weighted by atomic mass is 15.1. The van der Waals surface area contributed by atoms with Gasteiger partial charge in [0.2, 0.25) is 11.4 Å². The molecule has 1 aromatic heterocycles. The van der Waals surface area contributed by atoms with Gasteiger partial charge in [-0.1, -0.05) is 67.6 Å². The minimum Gasteiger partial charge on any atom is -0.337 e. The third-order valence-corrected chi connectivity index (χ3v) is 6.63. The maximum Gasteiger partial charge on any atom is 0.218 e. The summed E-state index contributed by atoms with van der Waals surface area (Å²) in [7, 11) is 0. The van der Waals surface area contributed by atoms with Gasteiger partial charge >= 0.3 is 0 Å². The normalized spacial score (nSPS) is 13.4. The van der Waals surface area contributed by atoms with Crippen LogP contribution in [-0.4, -0.2) is 10.8 Å². The molecule has 4 aromatic carbocycles. The molecule has 150 valence electrons. The summed E-state index contributed by atoms with van der Waals surface area (Å²) in [6, 6.07) is 35.5. The Morgan fingerprint density at radius 3 is 1.71 bits per heavy atom. The van der Waals surface area contributed by atoms with Crippen molar-refractivity contribution in [2.75, 3.05) is 0 Å². The molecular weight excluding hydrogens is 376 g/mol. The average molecular weight is 402 g/mol. The van der Waals surface area contributed by atoms with E-state index in [4.69, 9.17) is 0 Å². The Balaban J connectivity index is 1.48. The van der Waals surface area contributed by atoms with Gasteiger partial charge in [-0.2, -0.15) is 4.58 Å². The van der Waals surface area contributed by atoms with Crippen molar-refractivity contribution >= 4 is 39.4 Å². The summed E-state index contributed by atoms with van der Waals surface area (Å²) in [5, 5.41) is 2.68. The molecule has 0 saturated carbocycles. The molecule has 0 radical (unpaired) electrons. The zero-order valence-corrected chi connectivity index (χ0v) is 17.7. The highest BCUT2D eigenvalue weighted by Gasteiger charge is 2.30. The van der Waals surface area contributed by atoms with Crippen LogP contribution in [0.1, 0.15) is 25.8 Å². The lowest BCUT2D eigenvalue weighted by molar-refractivity contribution is 0.534. The number of rotatable bonds is 4. The van der Waals surface area contributed by atoms with Crippen molar-refractivity contribution < 1.29 is 0 Å². The highest BCUT2D eigenvalue weighted by Crippen LogP contribution is 2.44. The van der Waals surface area contributed by atoms with E-state index in [0.717, 1.165) is 12.8 Å². The second-order valence-corrected chi connectivity index (χ2v) is 8.29. The van der Waals surface area contributed by atoms with Crippen LogP contribution in [0.15, 0.2) is 97.1 Å². The first-order chi connectivity index (χ1) is 15.4. The third-order valence-electron chi connectivity index (χ3n) is 6.63. The Bertz CT molecular complexity index is 1350. The molecule has 0 unspecified atom stereocenters. The first kappa shape index (κ1) is 18.1. The topological polar surface area (TPSA) is 7.94 Å². The van der Waals surface area contributed by atoms with E-state index >= 15 is 0 Å². The molecule has 0 N–H and O–H groups in total. The quantitative estimate of drug-likeness (QED) is 0.267. The minimum atomic E-state index is 0.393. The van der Waals surface area contributed by atoms with Gasteiger partial charge in [-0.25, -0.2) is 0 Å². The Labute approximate surface area is 182 Å². The SMILES string of the molecule is CC[C@@H](CC=[N+]1c2ccccc2-c2ccccc21)n1c2ccccc2c2ccccc21. The molecule has 5 aromatic rings. The van der Waals surface area contributed by atoms with Crippen LogP contribution < -0.4 is 4.58 Å². The fraction of sp³-hybridized carbons (Fsp3) is 0.138. The molecule has 2 heteroatoms. The number of fused-ring (bicyclic) bond motifs is 6. The van der Waals surface area contributed by atoms with Gasteiger partial charge in [0.05, 0.1) is 11.1 Å². The van der Waals surface area contributed by atoms with Gasteiger partial charge in [0, 0.05) is 46.4 Å². The first-order valence-electron chi connectivity index (χ1n) is 11.2. The summed E-state index contributed by atoms with van der Waals surface area (Å²) in [4.78, 5) is 0. The maximum absolute atomic E-state index is 2.55. The third kappa shape index (κ3) is 2.75. The lowest BCUT2D eigenvalue weighted by Gasteiger charge is -2.17. The van der Waals surface area contributed by atoms with Gasteiger partial charge in [0.15, 0.2) is 6.21 Å². The maximum atomic E-state index is 2.55. The van der Waals surface area contributed by atoms with Gasteiger partial charge in [0.1, 0.15) is 0 Å². The molecule has 2 nitrogen and oxygen atoms in total. The van der Waals surface area contributed by atoms with Crippen molar-refractivity contribution in [2.24, 2.45) is 0 Å². The standard InChI is InChI=1S/C29H25N2/c1-2-21(31-28-17-9-5-13-24(28)25-14-6-10-18-29(25)31)19-20-30-26-15-7-3-11-22(26)23-12-4-8-16-27(23)30/h3-18,20-21H,2,19H2,1H3/q+1/t21-/m0/s1. The molecule has 6 rings (SSSR count). The second kappa shape index (κ2) is 7.24. The Hall–Kier alpha value is -3.65. The van der Waals surface area contributed by atoms with Crippen molar-refractivity contribution in [3.8, 4) is 11.1 Å². The molecule has 31 heavy (non-hydrogen) atoms. The molecule has 0 fully saturated rings. The van der Waals surface area contributed by atoms with Crippen LogP contribution in [0.4, 0.5) is 11.4 Å². The largest absolute Gasteiger partial charge is 0.337 e. The first-order valence-corrected chi connectivity index (χ1v) is 11.2. The van der Waals surface area contributed by atoms with E-state index < -0.39 is 0 Å². The zero-order chi connectivity index (χ0) is 20.8. The van der Waals surface area contributed by atoms with Gasteiger partial charge < -0.3 is 4.57 Å². The smallest absolute Gasteiger partial charge is 0.218 e. The molecule has 0 amide bonds. The van der Waals surface area contributed by atoms with E-state index in [9.17, 15) is 0 Å². The molecule has 2 heterocycles. The monoisotopic (exact) mass is 401 g/mol. The lowest BCUT2D eigenvalue weighted by Crippen LogP contribution is -2.12. The molecule has 0 saturated heterocycles. The van der Waals surface area contributed by atoms with Crippen molar-refractivity contribution in [3.63, 3.8) is 0 Å². The van der Waals surface area contributed by atoms with Crippen LogP contribution in [0.2, 0.25) is 0 Å². The summed E-state index contributed by atoms with van der Waals surface area (Å²) < 4.78 is 4.94. The number of nitrogens with zero attached hydrogens (tertiary/aromatic N) is 2. The minimum absolute atomic E-state index is 0.393.